The largest absolute Gasteiger partial charge is 0.497 e. The van der Waals surface area contributed by atoms with E-state index in [1.54, 1.807) is 25.3 Å². The molecule has 17 heavy (non-hydrogen) atoms. The molecule has 3 N–H and O–H groups in total. The van der Waals surface area contributed by atoms with Gasteiger partial charge in [-0.05, 0) is 12.1 Å². The Labute approximate surface area is 104 Å². The number of benzene rings is 1. The molecule has 0 atom stereocenters. The van der Waals surface area contributed by atoms with Gasteiger partial charge in [0.15, 0.2) is 0 Å². The van der Waals surface area contributed by atoms with E-state index in [9.17, 15) is 0 Å². The zero-order valence-electron chi connectivity index (χ0n) is 9.14. The third-order valence-corrected chi connectivity index (χ3v) is 2.42. The number of ether oxygens (including phenoxy) is 1. The second-order valence-electron chi connectivity index (χ2n) is 3.31. The fourth-order valence-corrected chi connectivity index (χ4v) is 1.41. The Balaban J connectivity index is 2.25. The van der Waals surface area contributed by atoms with Gasteiger partial charge in [0.2, 0.25) is 5.95 Å². The lowest BCUT2D eigenvalue weighted by molar-refractivity contribution is 0.415. The maximum Gasteiger partial charge on any atom is 0.227 e. The van der Waals surface area contributed by atoms with E-state index in [-0.39, 0.29) is 0 Å². The highest BCUT2D eigenvalue weighted by atomic mass is 35.5. The molecular formula is C11H11ClN4O. The van der Waals surface area contributed by atoms with Gasteiger partial charge < -0.3 is 15.8 Å². The van der Waals surface area contributed by atoms with Crippen molar-refractivity contribution in [3.05, 3.63) is 35.6 Å². The minimum Gasteiger partial charge on any atom is -0.497 e. The Morgan fingerprint density at radius 1 is 1.29 bits per heavy atom. The highest BCUT2D eigenvalue weighted by Gasteiger charge is 2.04. The summed E-state index contributed by atoms with van der Waals surface area (Å²) >= 11 is 6.04. The number of hydrogen-bond donors (Lipinski definition) is 2. The van der Waals surface area contributed by atoms with E-state index in [0.29, 0.717) is 28.1 Å². The Morgan fingerprint density at radius 3 is 2.65 bits per heavy atom. The van der Waals surface area contributed by atoms with E-state index in [1.807, 2.05) is 0 Å². The van der Waals surface area contributed by atoms with E-state index >= 15 is 0 Å². The number of hydrogen-bond acceptors (Lipinski definition) is 5. The molecule has 0 aliphatic rings. The zero-order valence-corrected chi connectivity index (χ0v) is 9.90. The molecule has 0 amide bonds. The second kappa shape index (κ2) is 4.88. The molecule has 88 valence electrons. The van der Waals surface area contributed by atoms with Crippen LogP contribution in [0.3, 0.4) is 0 Å². The fourth-order valence-electron chi connectivity index (χ4n) is 1.25. The van der Waals surface area contributed by atoms with Gasteiger partial charge in [0.05, 0.1) is 35.9 Å². The predicted octanol–water partition coefficient (Wildman–Crippen LogP) is 2.46. The summed E-state index contributed by atoms with van der Waals surface area (Å²) in [5.74, 6) is 1.13. The van der Waals surface area contributed by atoms with Crippen LogP contribution in [0.4, 0.5) is 17.3 Å². The highest BCUT2D eigenvalue weighted by molar-refractivity contribution is 6.33. The number of anilines is 3. The summed E-state index contributed by atoms with van der Waals surface area (Å²) in [5, 5.41) is 3.55. The molecule has 0 unspecified atom stereocenters. The molecule has 0 bridgehead atoms. The van der Waals surface area contributed by atoms with Gasteiger partial charge in [-0.15, -0.1) is 0 Å². The normalized spacial score (nSPS) is 10.0. The van der Waals surface area contributed by atoms with Crippen LogP contribution in [-0.2, 0) is 0 Å². The van der Waals surface area contributed by atoms with Gasteiger partial charge in [-0.3, -0.25) is 0 Å². The topological polar surface area (TPSA) is 73.1 Å². The van der Waals surface area contributed by atoms with Crippen LogP contribution in [0.2, 0.25) is 5.02 Å². The molecule has 1 aromatic carbocycles. The molecule has 0 aliphatic heterocycles. The first-order valence-electron chi connectivity index (χ1n) is 4.87. The molecular weight excluding hydrogens is 240 g/mol. The van der Waals surface area contributed by atoms with E-state index in [1.165, 1.54) is 12.4 Å². The van der Waals surface area contributed by atoms with Crippen LogP contribution in [0.1, 0.15) is 0 Å². The SMILES string of the molecule is COc1ccc(Cl)c(Nc2ncc(N)cn2)c1. The summed E-state index contributed by atoms with van der Waals surface area (Å²) < 4.78 is 5.11. The minimum absolute atomic E-state index is 0.425. The van der Waals surface area contributed by atoms with Gasteiger partial charge in [-0.1, -0.05) is 11.6 Å². The molecule has 0 aliphatic carbocycles. The van der Waals surface area contributed by atoms with Crippen LogP contribution in [0.5, 0.6) is 5.75 Å². The first-order chi connectivity index (χ1) is 8.19. The van der Waals surface area contributed by atoms with Gasteiger partial charge in [-0.25, -0.2) is 9.97 Å². The average Bonchev–Trinajstić information content (AvgIpc) is 2.35. The molecule has 1 heterocycles. The Hall–Kier alpha value is -2.01. The minimum atomic E-state index is 0.425. The lowest BCUT2D eigenvalue weighted by Crippen LogP contribution is -1.98. The Bertz CT molecular complexity index is 515. The lowest BCUT2D eigenvalue weighted by Gasteiger charge is -2.08. The first kappa shape index (κ1) is 11.5. The number of nitrogen functional groups attached to an aromatic ring is 1. The Kier molecular flexibility index (Phi) is 3.30. The number of halogens is 1. The van der Waals surface area contributed by atoms with Crippen molar-refractivity contribution in [1.29, 1.82) is 0 Å². The highest BCUT2D eigenvalue weighted by Crippen LogP contribution is 2.28. The number of aromatic nitrogens is 2. The summed E-state index contributed by atoms with van der Waals surface area (Å²) in [4.78, 5) is 8.05. The van der Waals surface area contributed by atoms with Gasteiger partial charge in [0.25, 0.3) is 0 Å². The van der Waals surface area contributed by atoms with Crippen molar-refractivity contribution in [3.8, 4) is 5.75 Å². The van der Waals surface area contributed by atoms with Gasteiger partial charge in [0.1, 0.15) is 5.75 Å². The maximum absolute atomic E-state index is 6.04. The van der Waals surface area contributed by atoms with E-state index < -0.39 is 0 Å². The van der Waals surface area contributed by atoms with Crippen molar-refractivity contribution >= 4 is 28.9 Å². The third kappa shape index (κ3) is 2.76. The molecule has 0 fully saturated rings. The average molecular weight is 251 g/mol. The van der Waals surface area contributed by atoms with E-state index in [2.05, 4.69) is 15.3 Å². The predicted molar refractivity (Wildman–Crippen MR) is 67.7 cm³/mol. The molecule has 1 aromatic heterocycles. The standard InChI is InChI=1S/C11H11ClN4O/c1-17-8-2-3-9(12)10(4-8)16-11-14-5-7(13)6-15-11/h2-6H,13H2,1H3,(H,14,15,16). The van der Waals surface area contributed by atoms with Gasteiger partial charge >= 0.3 is 0 Å². The molecule has 0 saturated heterocycles. The summed E-state index contributed by atoms with van der Waals surface area (Å²) in [6.45, 7) is 0. The third-order valence-electron chi connectivity index (χ3n) is 2.09. The number of nitrogens with one attached hydrogen (secondary N) is 1. The molecule has 5 nitrogen and oxygen atoms in total. The Morgan fingerprint density at radius 2 is 2.00 bits per heavy atom. The number of nitrogens with zero attached hydrogens (tertiary/aromatic N) is 2. The van der Waals surface area contributed by atoms with Crippen molar-refractivity contribution in [1.82, 2.24) is 9.97 Å². The van der Waals surface area contributed by atoms with Crippen LogP contribution < -0.4 is 15.8 Å². The van der Waals surface area contributed by atoms with Crippen molar-refractivity contribution in [2.75, 3.05) is 18.2 Å². The quantitative estimate of drug-likeness (QED) is 0.875. The van der Waals surface area contributed by atoms with E-state index in [0.717, 1.165) is 0 Å². The smallest absolute Gasteiger partial charge is 0.227 e. The van der Waals surface area contributed by atoms with Crippen LogP contribution in [-0.4, -0.2) is 17.1 Å². The summed E-state index contributed by atoms with van der Waals surface area (Å²) in [6, 6.07) is 5.28. The van der Waals surface area contributed by atoms with Crippen molar-refractivity contribution in [3.63, 3.8) is 0 Å². The second-order valence-corrected chi connectivity index (χ2v) is 3.72. The zero-order chi connectivity index (χ0) is 12.3. The molecule has 0 saturated carbocycles. The van der Waals surface area contributed by atoms with Crippen molar-refractivity contribution in [2.24, 2.45) is 0 Å². The van der Waals surface area contributed by atoms with Crippen LogP contribution >= 0.6 is 11.6 Å². The van der Waals surface area contributed by atoms with Crippen molar-refractivity contribution < 1.29 is 4.74 Å². The lowest BCUT2D eigenvalue weighted by atomic mass is 10.3. The van der Waals surface area contributed by atoms with Gasteiger partial charge in [-0.2, -0.15) is 0 Å². The maximum atomic E-state index is 6.04. The van der Waals surface area contributed by atoms with E-state index in [4.69, 9.17) is 22.1 Å². The van der Waals surface area contributed by atoms with Crippen LogP contribution in [0.15, 0.2) is 30.6 Å². The summed E-state index contributed by atoms with van der Waals surface area (Å²) in [6.07, 6.45) is 3.03. The number of methoxy groups -OCH3 is 1. The van der Waals surface area contributed by atoms with Crippen molar-refractivity contribution in [2.45, 2.75) is 0 Å². The summed E-state index contributed by atoms with van der Waals surface area (Å²) in [5.41, 5.74) is 6.68. The number of nitrogens with two attached hydrogens (primary N) is 1. The first-order valence-corrected chi connectivity index (χ1v) is 5.25. The monoisotopic (exact) mass is 250 g/mol. The molecule has 6 heteroatoms. The molecule has 0 spiro atoms. The van der Waals surface area contributed by atoms with Crippen LogP contribution in [0, 0.1) is 0 Å². The molecule has 2 aromatic rings. The summed E-state index contributed by atoms with van der Waals surface area (Å²) in [7, 11) is 1.59. The van der Waals surface area contributed by atoms with Gasteiger partial charge in [0, 0.05) is 6.07 Å². The fraction of sp³-hybridized carbons (Fsp3) is 0.0909. The molecule has 0 radical (unpaired) electrons. The molecule has 2 rings (SSSR count). The number of rotatable bonds is 3. The van der Waals surface area contributed by atoms with Crippen LogP contribution in [0.25, 0.3) is 0 Å².